The van der Waals surface area contributed by atoms with Gasteiger partial charge in [-0.3, -0.25) is 4.90 Å². The predicted molar refractivity (Wildman–Crippen MR) is 77.6 cm³/mol. The summed E-state index contributed by atoms with van der Waals surface area (Å²) in [4.78, 5) is 2.61. The van der Waals surface area contributed by atoms with Gasteiger partial charge in [-0.25, -0.2) is 0 Å². The number of hydrogen-bond donors (Lipinski definition) is 1. The van der Waals surface area contributed by atoms with E-state index < -0.39 is 0 Å². The molecule has 2 atom stereocenters. The molecule has 0 radical (unpaired) electrons. The quantitative estimate of drug-likeness (QED) is 0.859. The number of hydrogen-bond acceptors (Lipinski definition) is 2. The Labute approximate surface area is 111 Å². The highest BCUT2D eigenvalue weighted by Gasteiger charge is 2.23. The van der Waals surface area contributed by atoms with Crippen LogP contribution in [0.5, 0.6) is 0 Å². The molecule has 18 heavy (non-hydrogen) atoms. The first-order chi connectivity index (χ1) is 8.79. The minimum Gasteiger partial charge on any atom is -0.314 e. The highest BCUT2D eigenvalue weighted by Crippen LogP contribution is 2.21. The van der Waals surface area contributed by atoms with Crippen molar-refractivity contribution in [2.45, 2.75) is 39.3 Å². The van der Waals surface area contributed by atoms with Crippen LogP contribution < -0.4 is 5.32 Å². The minimum absolute atomic E-state index is 0.647. The van der Waals surface area contributed by atoms with Crippen molar-refractivity contribution in [1.82, 2.24) is 10.2 Å². The van der Waals surface area contributed by atoms with Crippen molar-refractivity contribution in [3.8, 4) is 0 Å². The van der Waals surface area contributed by atoms with Gasteiger partial charge in [0.2, 0.25) is 0 Å². The zero-order valence-corrected chi connectivity index (χ0v) is 11.7. The van der Waals surface area contributed by atoms with Gasteiger partial charge < -0.3 is 5.32 Å². The van der Waals surface area contributed by atoms with Crippen molar-refractivity contribution in [2.24, 2.45) is 5.92 Å². The molecule has 0 spiro atoms. The molecule has 1 fully saturated rings. The molecule has 1 aliphatic rings. The van der Waals surface area contributed by atoms with Gasteiger partial charge in [0.05, 0.1) is 0 Å². The molecule has 1 saturated heterocycles. The Morgan fingerprint density at radius 1 is 1.33 bits per heavy atom. The zero-order valence-electron chi connectivity index (χ0n) is 11.7. The summed E-state index contributed by atoms with van der Waals surface area (Å²) in [5, 5.41) is 3.57. The van der Waals surface area contributed by atoms with Crippen LogP contribution in [0.4, 0.5) is 0 Å². The second-order valence-electron chi connectivity index (χ2n) is 5.47. The Morgan fingerprint density at radius 2 is 2.11 bits per heavy atom. The molecule has 1 aromatic carbocycles. The maximum atomic E-state index is 3.57. The van der Waals surface area contributed by atoms with Crippen LogP contribution in [0.2, 0.25) is 0 Å². The van der Waals surface area contributed by atoms with Crippen molar-refractivity contribution in [1.29, 1.82) is 0 Å². The normalized spacial score (nSPS) is 22.9. The SMILES string of the molecule is CCNC(C)C1CCCN(Cc2ccccc2)C1. The second kappa shape index (κ2) is 6.91. The first-order valence-electron chi connectivity index (χ1n) is 7.29. The van der Waals surface area contributed by atoms with E-state index in [-0.39, 0.29) is 0 Å². The highest BCUT2D eigenvalue weighted by atomic mass is 15.1. The Hall–Kier alpha value is -0.860. The van der Waals surface area contributed by atoms with E-state index in [0.717, 1.165) is 19.0 Å². The Morgan fingerprint density at radius 3 is 2.83 bits per heavy atom. The molecule has 2 heteroatoms. The molecule has 1 aliphatic heterocycles. The molecule has 1 N–H and O–H groups in total. The molecular weight excluding hydrogens is 220 g/mol. The van der Waals surface area contributed by atoms with Crippen molar-refractivity contribution in [2.75, 3.05) is 19.6 Å². The third-order valence-electron chi connectivity index (χ3n) is 4.02. The lowest BCUT2D eigenvalue weighted by molar-refractivity contribution is 0.145. The van der Waals surface area contributed by atoms with Crippen LogP contribution in [0.15, 0.2) is 30.3 Å². The number of nitrogens with zero attached hydrogens (tertiary/aromatic N) is 1. The van der Waals surface area contributed by atoms with Crippen molar-refractivity contribution < 1.29 is 0 Å². The summed E-state index contributed by atoms with van der Waals surface area (Å²) >= 11 is 0. The van der Waals surface area contributed by atoms with Crippen molar-refractivity contribution >= 4 is 0 Å². The summed E-state index contributed by atoms with van der Waals surface area (Å²) in [7, 11) is 0. The number of piperidine rings is 1. The lowest BCUT2D eigenvalue weighted by Crippen LogP contribution is -2.44. The lowest BCUT2D eigenvalue weighted by Gasteiger charge is -2.36. The standard InChI is InChI=1S/C16H26N2/c1-3-17-14(2)16-10-7-11-18(13-16)12-15-8-5-4-6-9-15/h4-6,8-9,14,16-17H,3,7,10-13H2,1-2H3. The fourth-order valence-electron chi connectivity index (χ4n) is 2.97. The number of benzene rings is 1. The van der Waals surface area contributed by atoms with Crippen LogP contribution >= 0.6 is 0 Å². The molecule has 2 unspecified atom stereocenters. The molecule has 0 aromatic heterocycles. The van der Waals surface area contributed by atoms with Crippen LogP contribution in [0.3, 0.4) is 0 Å². The molecule has 1 heterocycles. The molecular formula is C16H26N2. The molecule has 0 saturated carbocycles. The van der Waals surface area contributed by atoms with Crippen molar-refractivity contribution in [3.63, 3.8) is 0 Å². The van der Waals surface area contributed by atoms with Gasteiger partial charge in [0.15, 0.2) is 0 Å². The van der Waals surface area contributed by atoms with Crippen LogP contribution in [-0.4, -0.2) is 30.6 Å². The number of nitrogens with one attached hydrogen (secondary N) is 1. The summed E-state index contributed by atoms with van der Waals surface area (Å²) < 4.78 is 0. The average molecular weight is 246 g/mol. The Kier molecular flexibility index (Phi) is 5.21. The fourth-order valence-corrected chi connectivity index (χ4v) is 2.97. The van der Waals surface area contributed by atoms with Gasteiger partial charge >= 0.3 is 0 Å². The smallest absolute Gasteiger partial charge is 0.0233 e. The highest BCUT2D eigenvalue weighted by molar-refractivity contribution is 5.14. The Bertz CT molecular complexity index is 336. The molecule has 2 rings (SSSR count). The largest absolute Gasteiger partial charge is 0.314 e. The van der Waals surface area contributed by atoms with E-state index in [4.69, 9.17) is 0 Å². The molecule has 0 bridgehead atoms. The minimum atomic E-state index is 0.647. The molecule has 2 nitrogen and oxygen atoms in total. The molecule has 0 aliphatic carbocycles. The monoisotopic (exact) mass is 246 g/mol. The van der Waals surface area contributed by atoms with Crippen molar-refractivity contribution in [3.05, 3.63) is 35.9 Å². The Balaban J connectivity index is 1.87. The van der Waals surface area contributed by atoms with Gasteiger partial charge in [0.1, 0.15) is 0 Å². The number of likely N-dealkylation sites (tertiary alicyclic amines) is 1. The first kappa shape index (κ1) is 13.6. The maximum absolute atomic E-state index is 3.57. The molecule has 1 aromatic rings. The van der Waals surface area contributed by atoms with Gasteiger partial charge in [0.25, 0.3) is 0 Å². The summed E-state index contributed by atoms with van der Waals surface area (Å²) in [6, 6.07) is 11.5. The van der Waals surface area contributed by atoms with Gasteiger partial charge in [-0.1, -0.05) is 37.3 Å². The van der Waals surface area contributed by atoms with Gasteiger partial charge in [0, 0.05) is 19.1 Å². The number of rotatable bonds is 5. The van der Waals surface area contributed by atoms with E-state index in [9.17, 15) is 0 Å². The lowest BCUT2D eigenvalue weighted by atomic mass is 9.91. The van der Waals surface area contributed by atoms with E-state index in [0.29, 0.717) is 6.04 Å². The molecule has 0 amide bonds. The summed E-state index contributed by atoms with van der Waals surface area (Å²) in [6.07, 6.45) is 2.71. The van der Waals surface area contributed by atoms with E-state index in [1.807, 2.05) is 0 Å². The van der Waals surface area contributed by atoms with Gasteiger partial charge in [-0.05, 0) is 44.3 Å². The fraction of sp³-hybridized carbons (Fsp3) is 0.625. The van der Waals surface area contributed by atoms with Gasteiger partial charge in [-0.2, -0.15) is 0 Å². The zero-order chi connectivity index (χ0) is 12.8. The third kappa shape index (κ3) is 3.82. The maximum Gasteiger partial charge on any atom is 0.0233 e. The summed E-state index contributed by atoms with van der Waals surface area (Å²) in [6.45, 7) is 9.21. The van der Waals surface area contributed by atoms with E-state index in [2.05, 4.69) is 54.4 Å². The summed E-state index contributed by atoms with van der Waals surface area (Å²) in [5.74, 6) is 0.808. The van der Waals surface area contributed by atoms with E-state index >= 15 is 0 Å². The topological polar surface area (TPSA) is 15.3 Å². The first-order valence-corrected chi connectivity index (χ1v) is 7.29. The van der Waals surface area contributed by atoms with Gasteiger partial charge in [-0.15, -0.1) is 0 Å². The third-order valence-corrected chi connectivity index (χ3v) is 4.02. The molecule has 100 valence electrons. The van der Waals surface area contributed by atoms with E-state index in [1.54, 1.807) is 0 Å². The van der Waals surface area contributed by atoms with Crippen LogP contribution in [0.25, 0.3) is 0 Å². The summed E-state index contributed by atoms with van der Waals surface area (Å²) in [5.41, 5.74) is 1.44. The van der Waals surface area contributed by atoms with Crippen LogP contribution in [0.1, 0.15) is 32.3 Å². The van der Waals surface area contributed by atoms with E-state index in [1.165, 1.54) is 31.5 Å². The predicted octanol–water partition coefficient (Wildman–Crippen LogP) is 2.90. The van der Waals surface area contributed by atoms with Crippen LogP contribution in [-0.2, 0) is 6.54 Å². The second-order valence-corrected chi connectivity index (χ2v) is 5.47. The average Bonchev–Trinajstić information content (AvgIpc) is 2.40. The van der Waals surface area contributed by atoms with Crippen LogP contribution in [0, 0.1) is 5.92 Å².